The molecule has 0 atom stereocenters. The monoisotopic (exact) mass is 742 g/mol. The Kier molecular flexibility index (Phi) is 10.1. The predicted molar refractivity (Wildman–Crippen MR) is 237 cm³/mol. The normalized spacial score (nSPS) is 20.7. The SMILES string of the molecule is Cc1cc(C)c(N2CCN(c3c(C)cc(C)cc3C)C2/C(=C2\C=C(c3ccccc3)c3ccccc32)C2N(C3CCCCC3)C=CN2C2CCCCC2)c(C)c1. The first-order chi connectivity index (χ1) is 27.3. The van der Waals surface area contributed by atoms with Gasteiger partial charge in [0.2, 0.25) is 0 Å². The molecule has 4 heteroatoms. The van der Waals surface area contributed by atoms with E-state index >= 15 is 0 Å². The highest BCUT2D eigenvalue weighted by Crippen LogP contribution is 2.49. The molecule has 5 aliphatic rings. The number of rotatable bonds is 7. The zero-order valence-corrected chi connectivity index (χ0v) is 34.8. The Morgan fingerprint density at radius 3 is 1.43 bits per heavy atom. The van der Waals surface area contributed by atoms with Gasteiger partial charge in [0.15, 0.2) is 0 Å². The molecule has 0 N–H and O–H groups in total. The molecule has 9 rings (SSSR count). The number of hydrogen-bond donors (Lipinski definition) is 0. The molecule has 56 heavy (non-hydrogen) atoms. The van der Waals surface area contributed by atoms with Crippen molar-refractivity contribution in [2.24, 2.45) is 0 Å². The van der Waals surface area contributed by atoms with Gasteiger partial charge in [-0.05, 0) is 123 Å². The summed E-state index contributed by atoms with van der Waals surface area (Å²) in [5, 5.41) is 0. The van der Waals surface area contributed by atoms with Crippen molar-refractivity contribution in [1.82, 2.24) is 9.80 Å². The molecule has 0 bridgehead atoms. The second-order valence-corrected chi connectivity index (χ2v) is 17.7. The van der Waals surface area contributed by atoms with Crippen LogP contribution in [0.1, 0.15) is 114 Å². The second-order valence-electron chi connectivity index (χ2n) is 17.7. The van der Waals surface area contributed by atoms with E-state index in [-0.39, 0.29) is 12.3 Å². The smallest absolute Gasteiger partial charge is 0.129 e. The molecule has 0 radical (unpaired) electrons. The molecule has 0 spiro atoms. The van der Waals surface area contributed by atoms with Crippen LogP contribution in [0.2, 0.25) is 0 Å². The quantitative estimate of drug-likeness (QED) is 0.187. The Morgan fingerprint density at radius 1 is 0.500 bits per heavy atom. The van der Waals surface area contributed by atoms with Crippen LogP contribution in [0.25, 0.3) is 11.1 Å². The van der Waals surface area contributed by atoms with Crippen molar-refractivity contribution >= 4 is 22.5 Å². The van der Waals surface area contributed by atoms with E-state index in [0.29, 0.717) is 12.1 Å². The van der Waals surface area contributed by atoms with Gasteiger partial charge in [-0.15, -0.1) is 0 Å². The molecule has 0 aromatic heterocycles. The lowest BCUT2D eigenvalue weighted by Crippen LogP contribution is -2.55. The highest BCUT2D eigenvalue weighted by Gasteiger charge is 2.48. The molecule has 4 nitrogen and oxygen atoms in total. The number of allylic oxidation sites excluding steroid dienone is 2. The minimum absolute atomic E-state index is 0.0201. The molecule has 3 aliphatic carbocycles. The molecule has 290 valence electrons. The number of anilines is 2. The minimum atomic E-state index is 0.0201. The van der Waals surface area contributed by atoms with E-state index < -0.39 is 0 Å². The fourth-order valence-corrected chi connectivity index (χ4v) is 11.6. The van der Waals surface area contributed by atoms with E-state index in [1.165, 1.54) is 137 Å². The van der Waals surface area contributed by atoms with Gasteiger partial charge in [-0.3, -0.25) is 0 Å². The maximum Gasteiger partial charge on any atom is 0.129 e. The standard InChI is InChI=1S/C52H62N4/c1-35-30-37(3)49(38(4)31-35)55-28-29-56(50-39(5)32-36(2)33-40(50)6)52(55)48(47-34-46(41-18-10-7-11-19-41)44-24-16-17-25-45(44)47)51-53(42-20-12-8-13-21-42)26-27-54(51)43-22-14-9-15-23-43/h7,10-11,16-19,24-27,30-34,42-43,51-52H,8-9,12-15,20-23,28-29H2,1-6H3/b48-47+. The molecule has 0 unspecified atom stereocenters. The van der Waals surface area contributed by atoms with Crippen LogP contribution in [-0.2, 0) is 0 Å². The van der Waals surface area contributed by atoms with Gasteiger partial charge in [-0.2, -0.15) is 0 Å². The van der Waals surface area contributed by atoms with E-state index in [0.717, 1.165) is 13.1 Å². The summed E-state index contributed by atoms with van der Waals surface area (Å²) in [6, 6.07) is 31.2. The van der Waals surface area contributed by atoms with Crippen molar-refractivity contribution < 1.29 is 0 Å². The molecule has 0 amide bonds. The van der Waals surface area contributed by atoms with Crippen molar-refractivity contribution in [2.45, 2.75) is 130 Å². The van der Waals surface area contributed by atoms with Crippen LogP contribution in [0, 0.1) is 41.5 Å². The van der Waals surface area contributed by atoms with Crippen LogP contribution < -0.4 is 9.80 Å². The summed E-state index contributed by atoms with van der Waals surface area (Å²) in [7, 11) is 0. The first-order valence-electron chi connectivity index (χ1n) is 21.8. The van der Waals surface area contributed by atoms with E-state index in [2.05, 4.69) is 158 Å². The average molecular weight is 743 g/mol. The van der Waals surface area contributed by atoms with E-state index in [1.807, 2.05) is 0 Å². The van der Waals surface area contributed by atoms with Crippen LogP contribution in [-0.4, -0.2) is 47.3 Å². The summed E-state index contributed by atoms with van der Waals surface area (Å²) >= 11 is 0. The molecule has 4 aromatic carbocycles. The zero-order valence-electron chi connectivity index (χ0n) is 34.8. The maximum absolute atomic E-state index is 2.87. The third-order valence-electron chi connectivity index (χ3n) is 13.7. The Bertz CT molecular complexity index is 2040. The first kappa shape index (κ1) is 36.9. The lowest BCUT2D eigenvalue weighted by molar-refractivity contribution is 0.0776. The lowest BCUT2D eigenvalue weighted by atomic mass is 9.88. The third-order valence-corrected chi connectivity index (χ3v) is 13.7. The second kappa shape index (κ2) is 15.3. The van der Waals surface area contributed by atoms with Crippen LogP contribution in [0.15, 0.2) is 103 Å². The molecular weight excluding hydrogens is 681 g/mol. The van der Waals surface area contributed by atoms with Crippen molar-refractivity contribution in [1.29, 1.82) is 0 Å². The van der Waals surface area contributed by atoms with Gasteiger partial charge < -0.3 is 19.6 Å². The van der Waals surface area contributed by atoms with Gasteiger partial charge >= 0.3 is 0 Å². The van der Waals surface area contributed by atoms with E-state index in [1.54, 1.807) is 5.57 Å². The Hall–Kier alpha value is -4.70. The average Bonchev–Trinajstić information content (AvgIpc) is 3.93. The predicted octanol–water partition coefficient (Wildman–Crippen LogP) is 12.2. The topological polar surface area (TPSA) is 13.0 Å². The van der Waals surface area contributed by atoms with E-state index in [9.17, 15) is 0 Å². The summed E-state index contributed by atoms with van der Waals surface area (Å²) in [5.41, 5.74) is 19.3. The highest BCUT2D eigenvalue weighted by molar-refractivity contribution is 6.02. The summed E-state index contributed by atoms with van der Waals surface area (Å²) in [5.74, 6) is 0. The number of fused-ring (bicyclic) bond motifs is 1. The first-order valence-corrected chi connectivity index (χ1v) is 21.8. The fraction of sp³-hybridized carbons (Fsp3) is 0.423. The summed E-state index contributed by atoms with van der Waals surface area (Å²) in [6.45, 7) is 15.9. The fourth-order valence-electron chi connectivity index (χ4n) is 11.6. The van der Waals surface area contributed by atoms with Gasteiger partial charge in [0, 0.05) is 54.5 Å². The molecule has 2 aliphatic heterocycles. The van der Waals surface area contributed by atoms with Crippen molar-refractivity contribution in [3.05, 3.63) is 153 Å². The van der Waals surface area contributed by atoms with Crippen molar-refractivity contribution in [3.8, 4) is 0 Å². The van der Waals surface area contributed by atoms with Crippen LogP contribution in [0.4, 0.5) is 11.4 Å². The number of hydrogen-bond acceptors (Lipinski definition) is 4. The summed E-state index contributed by atoms with van der Waals surface area (Å²) < 4.78 is 0. The molecule has 2 saturated carbocycles. The highest BCUT2D eigenvalue weighted by atomic mass is 15.5. The molecule has 1 saturated heterocycles. The molecular formula is C52H62N4. The summed E-state index contributed by atoms with van der Waals surface area (Å²) in [6.07, 6.45) is 20.9. The largest absolute Gasteiger partial charge is 0.349 e. The maximum atomic E-state index is 2.87. The van der Waals surface area contributed by atoms with Gasteiger partial charge in [0.05, 0.1) is 0 Å². The van der Waals surface area contributed by atoms with Crippen LogP contribution in [0.5, 0.6) is 0 Å². The van der Waals surface area contributed by atoms with E-state index in [4.69, 9.17) is 0 Å². The van der Waals surface area contributed by atoms with Crippen molar-refractivity contribution in [2.75, 3.05) is 22.9 Å². The third kappa shape index (κ3) is 6.57. The van der Waals surface area contributed by atoms with Gasteiger partial charge in [-0.1, -0.05) is 129 Å². The van der Waals surface area contributed by atoms with Crippen LogP contribution >= 0.6 is 0 Å². The number of nitrogens with zero attached hydrogens (tertiary/aromatic N) is 4. The van der Waals surface area contributed by atoms with Gasteiger partial charge in [0.25, 0.3) is 0 Å². The zero-order chi connectivity index (χ0) is 38.5. The molecule has 3 fully saturated rings. The van der Waals surface area contributed by atoms with Gasteiger partial charge in [0.1, 0.15) is 12.3 Å². The minimum Gasteiger partial charge on any atom is -0.349 e. The number of benzene rings is 4. The number of aryl methyl sites for hydroxylation is 6. The Labute approximate surface area is 337 Å². The van der Waals surface area contributed by atoms with Gasteiger partial charge in [-0.25, -0.2) is 0 Å². The summed E-state index contributed by atoms with van der Waals surface area (Å²) in [4.78, 5) is 11.4. The Morgan fingerprint density at radius 2 is 0.946 bits per heavy atom. The molecule has 4 aromatic rings. The molecule has 2 heterocycles. The van der Waals surface area contributed by atoms with Crippen LogP contribution in [0.3, 0.4) is 0 Å². The van der Waals surface area contributed by atoms with Crippen molar-refractivity contribution in [3.63, 3.8) is 0 Å². The lowest BCUT2D eigenvalue weighted by Gasteiger charge is -2.48. The Balaban J connectivity index is 1.36.